The number of anilines is 1. The van der Waals surface area contributed by atoms with E-state index in [4.69, 9.17) is 14.2 Å². The summed E-state index contributed by atoms with van der Waals surface area (Å²) < 4.78 is 15.5. The van der Waals surface area contributed by atoms with Crippen molar-refractivity contribution in [1.29, 1.82) is 0 Å². The zero-order valence-electron chi connectivity index (χ0n) is 13.1. The fourth-order valence-corrected chi connectivity index (χ4v) is 2.09. The van der Waals surface area contributed by atoms with Gasteiger partial charge < -0.3 is 14.2 Å². The molecule has 1 amide bonds. The summed E-state index contributed by atoms with van der Waals surface area (Å²) in [4.78, 5) is 20.7. The van der Waals surface area contributed by atoms with Crippen molar-refractivity contribution in [3.8, 4) is 17.4 Å². The van der Waals surface area contributed by atoms with Crippen LogP contribution in [0.5, 0.6) is 17.4 Å². The zero-order chi connectivity index (χ0) is 16.9. The molecule has 0 atom stereocenters. The van der Waals surface area contributed by atoms with Gasteiger partial charge in [-0.3, -0.25) is 5.32 Å². The predicted octanol–water partition coefficient (Wildman–Crippen LogP) is 3.26. The first-order valence-corrected chi connectivity index (χ1v) is 7.13. The number of aromatic nitrogens is 2. The summed E-state index contributed by atoms with van der Waals surface area (Å²) in [6.45, 7) is 0. The minimum absolute atomic E-state index is 0.166. The van der Waals surface area contributed by atoms with Crippen LogP contribution in [0.15, 0.2) is 48.5 Å². The largest absolute Gasteiger partial charge is 0.497 e. The van der Waals surface area contributed by atoms with E-state index >= 15 is 0 Å². The summed E-state index contributed by atoms with van der Waals surface area (Å²) in [5.74, 6) is 1.42. The minimum Gasteiger partial charge on any atom is -0.497 e. The molecule has 0 radical (unpaired) electrons. The lowest BCUT2D eigenvalue weighted by Gasteiger charge is -2.10. The van der Waals surface area contributed by atoms with Crippen molar-refractivity contribution in [3.63, 3.8) is 0 Å². The number of methoxy groups -OCH3 is 2. The molecule has 0 aliphatic carbocycles. The van der Waals surface area contributed by atoms with Gasteiger partial charge in [-0.1, -0.05) is 18.2 Å². The molecule has 0 aliphatic heterocycles. The van der Waals surface area contributed by atoms with E-state index in [-0.39, 0.29) is 11.7 Å². The van der Waals surface area contributed by atoms with Crippen LogP contribution in [-0.2, 0) is 0 Å². The van der Waals surface area contributed by atoms with Gasteiger partial charge >= 0.3 is 6.09 Å². The lowest BCUT2D eigenvalue weighted by atomic mass is 10.3. The fraction of sp³-hybridized carbons (Fsp3) is 0.118. The number of carbonyl (C=O) groups excluding carboxylic acids is 1. The van der Waals surface area contributed by atoms with E-state index < -0.39 is 6.09 Å². The van der Waals surface area contributed by atoms with Crippen molar-refractivity contribution in [2.75, 3.05) is 19.5 Å². The van der Waals surface area contributed by atoms with Gasteiger partial charge in [0.05, 0.1) is 25.3 Å². The van der Waals surface area contributed by atoms with Crippen molar-refractivity contribution in [1.82, 2.24) is 9.97 Å². The van der Waals surface area contributed by atoms with E-state index in [9.17, 15) is 4.79 Å². The first-order valence-electron chi connectivity index (χ1n) is 7.13. The lowest BCUT2D eigenvalue weighted by molar-refractivity contribution is 0.215. The normalized spacial score (nSPS) is 10.2. The highest BCUT2D eigenvalue weighted by molar-refractivity contribution is 5.88. The van der Waals surface area contributed by atoms with Crippen molar-refractivity contribution in [3.05, 3.63) is 48.5 Å². The minimum atomic E-state index is -0.684. The van der Waals surface area contributed by atoms with Crippen LogP contribution >= 0.6 is 0 Å². The highest BCUT2D eigenvalue weighted by Gasteiger charge is 2.14. The molecule has 24 heavy (non-hydrogen) atoms. The number of amides is 1. The second-order valence-corrected chi connectivity index (χ2v) is 4.76. The lowest BCUT2D eigenvalue weighted by Crippen LogP contribution is -2.18. The molecule has 0 unspecified atom stereocenters. The maximum absolute atomic E-state index is 12.0. The summed E-state index contributed by atoms with van der Waals surface area (Å²) in [7, 11) is 3.02. The number of carbonyl (C=O) groups is 1. The molecule has 0 spiro atoms. The summed E-state index contributed by atoms with van der Waals surface area (Å²) in [6.07, 6.45) is -0.684. The Hall–Kier alpha value is -3.35. The molecule has 0 aliphatic rings. The highest BCUT2D eigenvalue weighted by Crippen LogP contribution is 2.26. The maximum Gasteiger partial charge on any atom is 0.418 e. The molecule has 1 N–H and O–H groups in total. The van der Waals surface area contributed by atoms with Crippen LogP contribution in [0, 0.1) is 0 Å². The van der Waals surface area contributed by atoms with Gasteiger partial charge in [0.25, 0.3) is 5.88 Å². The quantitative estimate of drug-likeness (QED) is 0.793. The molecular formula is C17H15N3O4. The van der Waals surface area contributed by atoms with Gasteiger partial charge in [0, 0.05) is 6.07 Å². The SMILES string of the molecule is COc1ccc2nc(OC)c(NC(=O)Oc3ccccc3)nc2c1. The number of rotatable bonds is 4. The smallest absolute Gasteiger partial charge is 0.418 e. The van der Waals surface area contributed by atoms with Gasteiger partial charge in [-0.15, -0.1) is 0 Å². The van der Waals surface area contributed by atoms with Crippen molar-refractivity contribution in [2.45, 2.75) is 0 Å². The average molecular weight is 325 g/mol. The first-order chi connectivity index (χ1) is 11.7. The van der Waals surface area contributed by atoms with Gasteiger partial charge in [-0.25, -0.2) is 14.8 Å². The molecule has 0 fully saturated rings. The third kappa shape index (κ3) is 3.35. The van der Waals surface area contributed by atoms with Crippen LogP contribution in [0.25, 0.3) is 11.0 Å². The Morgan fingerprint density at radius 2 is 1.71 bits per heavy atom. The number of fused-ring (bicyclic) bond motifs is 1. The molecule has 2 aromatic carbocycles. The second-order valence-electron chi connectivity index (χ2n) is 4.76. The Balaban J connectivity index is 1.88. The van der Waals surface area contributed by atoms with Crippen LogP contribution in [0.4, 0.5) is 10.6 Å². The molecule has 0 bridgehead atoms. The predicted molar refractivity (Wildman–Crippen MR) is 88.7 cm³/mol. The van der Waals surface area contributed by atoms with Gasteiger partial charge in [0.15, 0.2) is 5.82 Å². The van der Waals surface area contributed by atoms with Crippen molar-refractivity contribution < 1.29 is 19.0 Å². The zero-order valence-corrected chi connectivity index (χ0v) is 13.1. The molecule has 0 saturated heterocycles. The Morgan fingerprint density at radius 3 is 2.42 bits per heavy atom. The summed E-state index contributed by atoms with van der Waals surface area (Å²) in [5, 5.41) is 2.54. The number of nitrogens with zero attached hydrogens (tertiary/aromatic N) is 2. The summed E-state index contributed by atoms with van der Waals surface area (Å²) >= 11 is 0. The van der Waals surface area contributed by atoms with Crippen molar-refractivity contribution >= 4 is 22.9 Å². The molecule has 7 heteroatoms. The Morgan fingerprint density at radius 1 is 0.917 bits per heavy atom. The van der Waals surface area contributed by atoms with Gasteiger partial charge in [0.2, 0.25) is 0 Å². The number of nitrogens with one attached hydrogen (secondary N) is 1. The fourth-order valence-electron chi connectivity index (χ4n) is 2.09. The van der Waals surface area contributed by atoms with Crippen LogP contribution in [-0.4, -0.2) is 30.3 Å². The van der Waals surface area contributed by atoms with Crippen molar-refractivity contribution in [2.24, 2.45) is 0 Å². The molecule has 122 valence electrons. The molecule has 3 aromatic rings. The molecule has 1 heterocycles. The Bertz CT molecular complexity index is 868. The van der Waals surface area contributed by atoms with E-state index in [0.29, 0.717) is 22.5 Å². The Kier molecular flexibility index (Phi) is 4.42. The molecule has 3 rings (SSSR count). The highest BCUT2D eigenvalue weighted by atomic mass is 16.6. The van der Waals surface area contributed by atoms with Crippen LogP contribution < -0.4 is 19.5 Å². The van der Waals surface area contributed by atoms with E-state index in [0.717, 1.165) is 0 Å². The average Bonchev–Trinajstić information content (AvgIpc) is 2.61. The number of benzene rings is 2. The molecule has 1 aromatic heterocycles. The van der Waals surface area contributed by atoms with E-state index in [1.54, 1.807) is 49.6 Å². The van der Waals surface area contributed by atoms with Gasteiger partial charge in [-0.05, 0) is 24.3 Å². The summed E-state index contributed by atoms with van der Waals surface area (Å²) in [6, 6.07) is 14.0. The van der Waals surface area contributed by atoms with Crippen LogP contribution in [0.2, 0.25) is 0 Å². The third-order valence-electron chi connectivity index (χ3n) is 3.21. The van der Waals surface area contributed by atoms with E-state index in [1.165, 1.54) is 7.11 Å². The summed E-state index contributed by atoms with van der Waals surface area (Å²) in [5.41, 5.74) is 1.18. The van der Waals surface area contributed by atoms with Crippen LogP contribution in [0.1, 0.15) is 0 Å². The van der Waals surface area contributed by atoms with Gasteiger partial charge in [0.1, 0.15) is 11.5 Å². The molecule has 0 saturated carbocycles. The van der Waals surface area contributed by atoms with Gasteiger partial charge in [-0.2, -0.15) is 0 Å². The topological polar surface area (TPSA) is 82.6 Å². The maximum atomic E-state index is 12.0. The second kappa shape index (κ2) is 6.82. The number of ether oxygens (including phenoxy) is 3. The monoisotopic (exact) mass is 325 g/mol. The number of hydrogen-bond donors (Lipinski definition) is 1. The van der Waals surface area contributed by atoms with E-state index in [1.807, 2.05) is 6.07 Å². The van der Waals surface area contributed by atoms with Crippen LogP contribution in [0.3, 0.4) is 0 Å². The molecular weight excluding hydrogens is 310 g/mol. The Labute approximate surface area is 138 Å². The third-order valence-corrected chi connectivity index (χ3v) is 3.21. The number of hydrogen-bond acceptors (Lipinski definition) is 6. The standard InChI is InChI=1S/C17H15N3O4/c1-22-12-8-9-13-14(10-12)18-15(16(19-13)23-2)20-17(21)24-11-6-4-3-5-7-11/h3-10H,1-2H3,(H,18,20,21). The first kappa shape index (κ1) is 15.5. The van der Waals surface area contributed by atoms with E-state index in [2.05, 4.69) is 15.3 Å². The number of para-hydroxylation sites is 1. The molecule has 7 nitrogen and oxygen atoms in total.